The van der Waals surface area contributed by atoms with Gasteiger partial charge >= 0.3 is 0 Å². The van der Waals surface area contributed by atoms with Gasteiger partial charge in [0.05, 0.1) is 20.6 Å². The third kappa shape index (κ3) is 5.50. The van der Waals surface area contributed by atoms with Crippen molar-refractivity contribution < 1.29 is 14.3 Å². The number of nitrogens with zero attached hydrogens (tertiary/aromatic N) is 1. The van der Waals surface area contributed by atoms with E-state index in [0.717, 1.165) is 21.9 Å². The normalized spacial score (nSPS) is 10.4. The predicted octanol–water partition coefficient (Wildman–Crippen LogP) is 4.57. The molecule has 144 valence electrons. The number of hydrogen-bond donors (Lipinski definition) is 1. The minimum atomic E-state index is -0.109. The maximum absolute atomic E-state index is 12.4. The number of pyridine rings is 1. The molecule has 0 aliphatic heterocycles. The summed E-state index contributed by atoms with van der Waals surface area (Å²) in [7, 11) is 3.19. The molecule has 0 saturated carbocycles. The van der Waals surface area contributed by atoms with Gasteiger partial charge in [-0.2, -0.15) is 0 Å². The summed E-state index contributed by atoms with van der Waals surface area (Å²) in [5, 5.41) is 2.93. The zero-order valence-electron chi connectivity index (χ0n) is 15.8. The van der Waals surface area contributed by atoms with Gasteiger partial charge in [0.15, 0.2) is 0 Å². The molecule has 6 heteroatoms. The highest BCUT2D eigenvalue weighted by Gasteiger charge is 2.11. The van der Waals surface area contributed by atoms with E-state index in [2.05, 4.69) is 16.4 Å². The van der Waals surface area contributed by atoms with Gasteiger partial charge in [-0.3, -0.25) is 9.78 Å². The Hall–Kier alpha value is -2.99. The Kier molecular flexibility index (Phi) is 6.92. The lowest BCUT2D eigenvalue weighted by molar-refractivity contribution is -0.115. The molecule has 28 heavy (non-hydrogen) atoms. The molecule has 2 aromatic carbocycles. The monoisotopic (exact) mass is 394 g/mol. The highest BCUT2D eigenvalue weighted by molar-refractivity contribution is 7.98. The Morgan fingerprint density at radius 1 is 1.07 bits per heavy atom. The molecule has 1 aromatic heterocycles. The van der Waals surface area contributed by atoms with Crippen molar-refractivity contribution in [3.8, 4) is 11.5 Å². The Labute approximate surface area is 169 Å². The number of ether oxygens (including phenoxy) is 2. The number of carbonyl (C=O) groups is 1. The lowest BCUT2D eigenvalue weighted by atomic mass is 10.1. The number of nitrogens with one attached hydrogen (secondary N) is 1. The second-order valence-corrected chi connectivity index (χ2v) is 7.13. The number of methoxy groups -OCH3 is 2. The fourth-order valence-electron chi connectivity index (χ4n) is 2.68. The third-order valence-corrected chi connectivity index (χ3v) is 5.19. The Balaban J connectivity index is 1.57. The van der Waals surface area contributed by atoms with E-state index in [4.69, 9.17) is 9.47 Å². The van der Waals surface area contributed by atoms with Crippen LogP contribution < -0.4 is 14.8 Å². The molecular weight excluding hydrogens is 372 g/mol. The smallest absolute Gasteiger partial charge is 0.228 e. The number of benzene rings is 2. The molecule has 0 aliphatic carbocycles. The Bertz CT molecular complexity index is 915. The molecule has 0 spiro atoms. The topological polar surface area (TPSA) is 60.5 Å². The van der Waals surface area contributed by atoms with Gasteiger partial charge in [-0.15, -0.1) is 11.8 Å². The minimum absolute atomic E-state index is 0.109. The zero-order chi connectivity index (χ0) is 19.8. The van der Waals surface area contributed by atoms with Crippen molar-refractivity contribution >= 4 is 23.4 Å². The number of aromatic nitrogens is 1. The molecule has 1 amide bonds. The molecule has 0 radical (unpaired) electrons. The van der Waals surface area contributed by atoms with Crippen LogP contribution in [0.25, 0.3) is 0 Å². The van der Waals surface area contributed by atoms with Gasteiger partial charge in [0.25, 0.3) is 0 Å². The second-order valence-electron chi connectivity index (χ2n) is 6.08. The largest absolute Gasteiger partial charge is 0.497 e. The van der Waals surface area contributed by atoms with Crippen molar-refractivity contribution in [1.82, 2.24) is 4.98 Å². The van der Waals surface area contributed by atoms with Gasteiger partial charge in [-0.1, -0.05) is 6.07 Å². The van der Waals surface area contributed by atoms with E-state index in [1.807, 2.05) is 48.7 Å². The summed E-state index contributed by atoms with van der Waals surface area (Å²) in [5.74, 6) is 2.11. The summed E-state index contributed by atoms with van der Waals surface area (Å²) in [6.45, 7) is 0. The maximum Gasteiger partial charge on any atom is 0.228 e. The first-order valence-corrected chi connectivity index (χ1v) is 9.79. The molecule has 3 aromatic rings. The van der Waals surface area contributed by atoms with Crippen LogP contribution in [-0.4, -0.2) is 25.1 Å². The number of thioether (sulfide) groups is 1. The van der Waals surface area contributed by atoms with E-state index in [1.54, 1.807) is 38.2 Å². The SMILES string of the molecule is COc1ccc(OC)c(CC(=O)Nc2ccc(SCc3cccnc3)cc2)c1. The molecule has 0 saturated heterocycles. The van der Waals surface area contributed by atoms with Crippen LogP contribution in [0.1, 0.15) is 11.1 Å². The van der Waals surface area contributed by atoms with Crippen molar-refractivity contribution in [2.24, 2.45) is 0 Å². The van der Waals surface area contributed by atoms with Gasteiger partial charge in [-0.25, -0.2) is 0 Å². The van der Waals surface area contributed by atoms with Crippen LogP contribution in [0.3, 0.4) is 0 Å². The van der Waals surface area contributed by atoms with Crippen LogP contribution in [0.15, 0.2) is 71.9 Å². The second kappa shape index (κ2) is 9.80. The van der Waals surface area contributed by atoms with Gasteiger partial charge in [0.2, 0.25) is 5.91 Å². The molecule has 0 bridgehead atoms. The first kappa shape index (κ1) is 19.8. The summed E-state index contributed by atoms with van der Waals surface area (Å²) in [6, 6.07) is 17.2. The number of carbonyl (C=O) groups excluding carboxylic acids is 1. The molecule has 3 rings (SSSR count). The molecule has 0 atom stereocenters. The van der Waals surface area contributed by atoms with E-state index >= 15 is 0 Å². The molecule has 1 heterocycles. The van der Waals surface area contributed by atoms with Crippen molar-refractivity contribution in [3.63, 3.8) is 0 Å². The van der Waals surface area contributed by atoms with E-state index in [0.29, 0.717) is 11.5 Å². The van der Waals surface area contributed by atoms with E-state index in [9.17, 15) is 4.79 Å². The summed E-state index contributed by atoms with van der Waals surface area (Å²) in [6.07, 6.45) is 3.85. The fourth-order valence-corrected chi connectivity index (χ4v) is 3.52. The highest BCUT2D eigenvalue weighted by Crippen LogP contribution is 2.26. The molecule has 0 unspecified atom stereocenters. The number of anilines is 1. The zero-order valence-corrected chi connectivity index (χ0v) is 16.7. The van der Waals surface area contributed by atoms with Gasteiger partial charge in [0, 0.05) is 34.3 Å². The van der Waals surface area contributed by atoms with Crippen LogP contribution >= 0.6 is 11.8 Å². The van der Waals surface area contributed by atoms with Gasteiger partial charge in [0.1, 0.15) is 11.5 Å². The molecule has 0 aliphatic rings. The molecule has 0 fully saturated rings. The number of hydrogen-bond acceptors (Lipinski definition) is 5. The van der Waals surface area contributed by atoms with Crippen molar-refractivity contribution in [2.45, 2.75) is 17.1 Å². The lowest BCUT2D eigenvalue weighted by Crippen LogP contribution is -2.15. The minimum Gasteiger partial charge on any atom is -0.497 e. The van der Waals surface area contributed by atoms with E-state index in [1.165, 1.54) is 5.56 Å². The molecule has 5 nitrogen and oxygen atoms in total. The lowest BCUT2D eigenvalue weighted by Gasteiger charge is -2.11. The van der Waals surface area contributed by atoms with Crippen LogP contribution in [0.5, 0.6) is 11.5 Å². The third-order valence-electron chi connectivity index (χ3n) is 4.10. The summed E-state index contributed by atoms with van der Waals surface area (Å²) >= 11 is 1.73. The van der Waals surface area contributed by atoms with Crippen molar-refractivity contribution in [1.29, 1.82) is 0 Å². The predicted molar refractivity (Wildman–Crippen MR) is 112 cm³/mol. The average Bonchev–Trinajstić information content (AvgIpc) is 2.74. The van der Waals surface area contributed by atoms with Crippen LogP contribution in [0, 0.1) is 0 Å². The van der Waals surface area contributed by atoms with Crippen molar-refractivity contribution in [3.05, 3.63) is 78.1 Å². The standard InChI is InChI=1S/C22H22N2O3S/c1-26-19-7-10-21(27-2)17(12-19)13-22(25)24-18-5-8-20(9-6-18)28-15-16-4-3-11-23-14-16/h3-12,14H,13,15H2,1-2H3,(H,24,25). The van der Waals surface area contributed by atoms with Crippen molar-refractivity contribution in [2.75, 3.05) is 19.5 Å². The van der Waals surface area contributed by atoms with Crippen LogP contribution in [0.4, 0.5) is 5.69 Å². The number of amides is 1. The fraction of sp³-hybridized carbons (Fsp3) is 0.182. The van der Waals surface area contributed by atoms with E-state index in [-0.39, 0.29) is 12.3 Å². The number of rotatable bonds is 8. The molecular formula is C22H22N2O3S. The maximum atomic E-state index is 12.4. The van der Waals surface area contributed by atoms with Gasteiger partial charge < -0.3 is 14.8 Å². The molecule has 1 N–H and O–H groups in total. The summed E-state index contributed by atoms with van der Waals surface area (Å²) in [4.78, 5) is 17.7. The first-order valence-electron chi connectivity index (χ1n) is 8.80. The Morgan fingerprint density at radius 3 is 2.57 bits per heavy atom. The Morgan fingerprint density at radius 2 is 1.89 bits per heavy atom. The summed E-state index contributed by atoms with van der Waals surface area (Å²) < 4.78 is 10.6. The first-order chi connectivity index (χ1) is 13.7. The highest BCUT2D eigenvalue weighted by atomic mass is 32.2. The van der Waals surface area contributed by atoms with E-state index < -0.39 is 0 Å². The quantitative estimate of drug-likeness (QED) is 0.567. The van der Waals surface area contributed by atoms with Gasteiger partial charge in [-0.05, 0) is 54.1 Å². The van der Waals surface area contributed by atoms with Crippen LogP contribution in [0.2, 0.25) is 0 Å². The average molecular weight is 394 g/mol. The van der Waals surface area contributed by atoms with Crippen LogP contribution in [-0.2, 0) is 17.0 Å². The summed E-state index contributed by atoms with van der Waals surface area (Å²) in [5.41, 5.74) is 2.72.